The van der Waals surface area contributed by atoms with Gasteiger partial charge in [0, 0.05) is 36.9 Å². The van der Waals surface area contributed by atoms with E-state index in [1.807, 2.05) is 32.2 Å². The highest BCUT2D eigenvalue weighted by atomic mass is 35.5. The van der Waals surface area contributed by atoms with Crippen LogP contribution >= 0.6 is 11.6 Å². The minimum atomic E-state index is -0.583. The summed E-state index contributed by atoms with van der Waals surface area (Å²) in [6.07, 6.45) is 3.34. The van der Waals surface area contributed by atoms with Gasteiger partial charge in [-0.25, -0.2) is 4.39 Å². The second-order valence-corrected chi connectivity index (χ2v) is 7.12. The first-order valence-corrected chi connectivity index (χ1v) is 8.75. The molecule has 0 radical (unpaired) electrons. The van der Waals surface area contributed by atoms with Gasteiger partial charge < -0.3 is 14.5 Å². The van der Waals surface area contributed by atoms with E-state index in [0.29, 0.717) is 24.7 Å². The number of ether oxygens (including phenoxy) is 1. The largest absolute Gasteiger partial charge is 0.373 e. The lowest BCUT2D eigenvalue weighted by Crippen LogP contribution is -2.51. The van der Waals surface area contributed by atoms with Gasteiger partial charge in [-0.15, -0.1) is 0 Å². The molecule has 2 aromatic rings. The molecule has 2 atom stereocenters. The summed E-state index contributed by atoms with van der Waals surface area (Å²) in [5, 5.41) is 4.54. The zero-order valence-corrected chi connectivity index (χ0v) is 15.8. The summed E-state index contributed by atoms with van der Waals surface area (Å²) in [6, 6.07) is 3.66. The second-order valence-electron chi connectivity index (χ2n) is 6.69. The van der Waals surface area contributed by atoms with Crippen LogP contribution in [0.5, 0.6) is 0 Å². The van der Waals surface area contributed by atoms with Crippen molar-refractivity contribution in [3.05, 3.63) is 52.6 Å². The fraction of sp³-hybridized carbons (Fsp3) is 0.444. The Morgan fingerprint density at radius 1 is 1.46 bits per heavy atom. The molecular weight excluding hydrogens is 359 g/mol. The van der Waals surface area contributed by atoms with E-state index < -0.39 is 11.7 Å². The molecule has 0 aliphatic carbocycles. The summed E-state index contributed by atoms with van der Waals surface area (Å²) in [6.45, 7) is 1.39. The maximum atomic E-state index is 14.3. The Hall–Kier alpha value is -1.96. The molecule has 0 spiro atoms. The molecule has 2 heterocycles. The third-order valence-corrected chi connectivity index (χ3v) is 4.62. The third kappa shape index (κ3) is 3.90. The number of nitrogens with zero attached hydrogens (tertiary/aromatic N) is 4. The molecule has 1 aromatic heterocycles. The standard InChI is InChI=1S/C18H22ClFN4O2/c1-22(2)11-16-17(12-9-21-23(3)10-12)24(6-7-26-16)18(25)14-8-13(19)4-5-15(14)20/h4-5,8-10,16-17H,6-7,11H2,1-3H3/t16-,17-/m0/s1. The first kappa shape index (κ1) is 18.8. The maximum absolute atomic E-state index is 14.3. The van der Waals surface area contributed by atoms with Crippen LogP contribution in [0.3, 0.4) is 0 Å². The molecule has 0 unspecified atom stereocenters. The van der Waals surface area contributed by atoms with E-state index in [1.54, 1.807) is 15.8 Å². The van der Waals surface area contributed by atoms with Crippen LogP contribution in [-0.4, -0.2) is 65.4 Å². The van der Waals surface area contributed by atoms with E-state index >= 15 is 0 Å². The Morgan fingerprint density at radius 3 is 2.88 bits per heavy atom. The van der Waals surface area contributed by atoms with Gasteiger partial charge in [0.05, 0.1) is 30.5 Å². The smallest absolute Gasteiger partial charge is 0.257 e. The van der Waals surface area contributed by atoms with Crippen LogP contribution in [0, 0.1) is 5.82 Å². The normalized spacial score (nSPS) is 20.6. The highest BCUT2D eigenvalue weighted by molar-refractivity contribution is 6.31. The molecule has 0 bridgehead atoms. The Balaban J connectivity index is 1.99. The zero-order valence-electron chi connectivity index (χ0n) is 15.0. The number of morpholine rings is 1. The summed E-state index contributed by atoms with van der Waals surface area (Å²) in [4.78, 5) is 16.8. The molecule has 26 heavy (non-hydrogen) atoms. The lowest BCUT2D eigenvalue weighted by Gasteiger charge is -2.41. The van der Waals surface area contributed by atoms with Crippen molar-refractivity contribution in [1.29, 1.82) is 0 Å². The highest BCUT2D eigenvalue weighted by Gasteiger charge is 2.38. The van der Waals surface area contributed by atoms with E-state index in [1.165, 1.54) is 18.2 Å². The number of carbonyl (C=O) groups is 1. The molecule has 3 rings (SSSR count). The Kier molecular flexibility index (Phi) is 5.60. The van der Waals surface area contributed by atoms with Gasteiger partial charge in [0.2, 0.25) is 0 Å². The summed E-state index contributed by atoms with van der Waals surface area (Å²) in [5.41, 5.74) is 0.826. The summed E-state index contributed by atoms with van der Waals surface area (Å²) in [5.74, 6) is -0.981. The Bertz CT molecular complexity index is 795. The number of aromatic nitrogens is 2. The first-order chi connectivity index (χ1) is 12.4. The molecular formula is C18H22ClFN4O2. The van der Waals surface area contributed by atoms with E-state index in [4.69, 9.17) is 16.3 Å². The molecule has 0 N–H and O–H groups in total. The van der Waals surface area contributed by atoms with E-state index in [0.717, 1.165) is 5.56 Å². The number of hydrogen-bond acceptors (Lipinski definition) is 4. The van der Waals surface area contributed by atoms with Gasteiger partial charge in [0.1, 0.15) is 5.82 Å². The van der Waals surface area contributed by atoms with Crippen molar-refractivity contribution in [2.75, 3.05) is 33.8 Å². The van der Waals surface area contributed by atoms with Crippen LogP contribution in [0.4, 0.5) is 4.39 Å². The van der Waals surface area contributed by atoms with Crippen LogP contribution in [0.15, 0.2) is 30.6 Å². The fourth-order valence-electron chi connectivity index (χ4n) is 3.28. The molecule has 1 aliphatic heterocycles. The first-order valence-electron chi connectivity index (χ1n) is 8.37. The molecule has 6 nitrogen and oxygen atoms in total. The summed E-state index contributed by atoms with van der Waals surface area (Å²) in [7, 11) is 5.71. The monoisotopic (exact) mass is 380 g/mol. The predicted molar refractivity (Wildman–Crippen MR) is 96.7 cm³/mol. The number of carbonyl (C=O) groups excluding carboxylic acids is 1. The highest BCUT2D eigenvalue weighted by Crippen LogP contribution is 2.32. The van der Waals surface area contributed by atoms with Crippen molar-refractivity contribution < 1.29 is 13.9 Å². The van der Waals surface area contributed by atoms with Crippen LogP contribution in [0.1, 0.15) is 22.0 Å². The summed E-state index contributed by atoms with van der Waals surface area (Å²) < 4.78 is 21.9. The molecule has 8 heteroatoms. The van der Waals surface area contributed by atoms with E-state index in [2.05, 4.69) is 5.10 Å². The number of likely N-dealkylation sites (N-methyl/N-ethyl adjacent to an activating group) is 1. The molecule has 1 saturated heterocycles. The quantitative estimate of drug-likeness (QED) is 0.817. The van der Waals surface area contributed by atoms with Crippen molar-refractivity contribution in [3.63, 3.8) is 0 Å². The SMILES string of the molecule is CN(C)C[C@@H]1OCCN(C(=O)c2cc(Cl)ccc2F)[C@H]1c1cnn(C)c1. The van der Waals surface area contributed by atoms with Gasteiger partial charge >= 0.3 is 0 Å². The molecule has 1 amide bonds. The van der Waals surface area contributed by atoms with Gasteiger partial charge in [-0.1, -0.05) is 11.6 Å². The number of amides is 1. The van der Waals surface area contributed by atoms with Crippen LogP contribution in [-0.2, 0) is 11.8 Å². The van der Waals surface area contributed by atoms with Crippen molar-refractivity contribution in [2.45, 2.75) is 12.1 Å². The lowest BCUT2D eigenvalue weighted by atomic mass is 9.99. The minimum Gasteiger partial charge on any atom is -0.373 e. The Morgan fingerprint density at radius 2 is 2.23 bits per heavy atom. The molecule has 1 fully saturated rings. The third-order valence-electron chi connectivity index (χ3n) is 4.38. The van der Waals surface area contributed by atoms with Crippen LogP contribution in [0.25, 0.3) is 0 Å². The van der Waals surface area contributed by atoms with Crippen molar-refractivity contribution in [3.8, 4) is 0 Å². The average molecular weight is 381 g/mol. The topological polar surface area (TPSA) is 50.6 Å². The number of rotatable bonds is 4. The van der Waals surface area contributed by atoms with Gasteiger partial charge in [-0.2, -0.15) is 5.10 Å². The van der Waals surface area contributed by atoms with Crippen molar-refractivity contribution in [1.82, 2.24) is 19.6 Å². The number of benzene rings is 1. The number of halogens is 2. The second kappa shape index (κ2) is 7.73. The van der Waals surface area contributed by atoms with Gasteiger partial charge in [-0.3, -0.25) is 9.48 Å². The van der Waals surface area contributed by atoms with Crippen LogP contribution < -0.4 is 0 Å². The van der Waals surface area contributed by atoms with E-state index in [9.17, 15) is 9.18 Å². The molecule has 140 valence electrons. The van der Waals surface area contributed by atoms with E-state index in [-0.39, 0.29) is 17.7 Å². The number of aryl methyl sites for hydroxylation is 1. The van der Waals surface area contributed by atoms with Crippen LogP contribution in [0.2, 0.25) is 5.02 Å². The van der Waals surface area contributed by atoms with Crippen molar-refractivity contribution in [2.24, 2.45) is 7.05 Å². The average Bonchev–Trinajstić information content (AvgIpc) is 3.01. The van der Waals surface area contributed by atoms with Gasteiger partial charge in [0.15, 0.2) is 0 Å². The number of hydrogen-bond donors (Lipinski definition) is 0. The molecule has 1 aromatic carbocycles. The minimum absolute atomic E-state index is 0.0307. The molecule has 1 aliphatic rings. The zero-order chi connectivity index (χ0) is 18.8. The molecule has 0 saturated carbocycles. The lowest BCUT2D eigenvalue weighted by molar-refractivity contribution is -0.0685. The Labute approximate surface area is 157 Å². The van der Waals surface area contributed by atoms with Gasteiger partial charge in [0.25, 0.3) is 5.91 Å². The fourth-order valence-corrected chi connectivity index (χ4v) is 3.45. The summed E-state index contributed by atoms with van der Waals surface area (Å²) >= 11 is 5.97. The van der Waals surface area contributed by atoms with Gasteiger partial charge in [-0.05, 0) is 32.3 Å². The van der Waals surface area contributed by atoms with Crippen molar-refractivity contribution >= 4 is 17.5 Å². The predicted octanol–water partition coefficient (Wildman–Crippen LogP) is 2.36. The maximum Gasteiger partial charge on any atom is 0.257 e.